The molecule has 1 aliphatic heterocycles. The molecule has 0 aliphatic carbocycles. The second-order valence-electron chi connectivity index (χ2n) is 8.57. The first-order valence-corrected chi connectivity index (χ1v) is 11.4. The van der Waals surface area contributed by atoms with Crippen molar-refractivity contribution in [2.24, 2.45) is 7.05 Å². The number of halogens is 1. The van der Waals surface area contributed by atoms with Crippen LogP contribution in [0.4, 0.5) is 4.39 Å². The molecular formula is C26H25FN4O3. The van der Waals surface area contributed by atoms with Gasteiger partial charge in [-0.05, 0) is 49.1 Å². The number of aryl methyl sites for hydroxylation is 1. The average Bonchev–Trinajstić information content (AvgIpc) is 3.49. The summed E-state index contributed by atoms with van der Waals surface area (Å²) in [6.07, 6.45) is 5.99. The molecule has 1 saturated heterocycles. The molecule has 3 heterocycles. The number of para-hydroxylation sites is 1. The van der Waals surface area contributed by atoms with Crippen molar-refractivity contribution in [3.8, 4) is 11.1 Å². The summed E-state index contributed by atoms with van der Waals surface area (Å²) >= 11 is 0. The molecule has 174 valence electrons. The average molecular weight is 461 g/mol. The van der Waals surface area contributed by atoms with E-state index >= 15 is 0 Å². The summed E-state index contributed by atoms with van der Waals surface area (Å²) < 4.78 is 20.5. The molecule has 1 N–H and O–H groups in total. The second-order valence-corrected chi connectivity index (χ2v) is 8.57. The first-order valence-electron chi connectivity index (χ1n) is 11.4. The quantitative estimate of drug-likeness (QED) is 0.479. The number of piperidine rings is 1. The van der Waals surface area contributed by atoms with Gasteiger partial charge in [0.25, 0.3) is 11.8 Å². The van der Waals surface area contributed by atoms with Gasteiger partial charge in [-0.1, -0.05) is 24.3 Å². The van der Waals surface area contributed by atoms with Gasteiger partial charge in [0.2, 0.25) is 0 Å². The molecule has 1 fully saturated rings. The van der Waals surface area contributed by atoms with Crippen LogP contribution in [-0.4, -0.2) is 45.6 Å². The van der Waals surface area contributed by atoms with Crippen LogP contribution in [0.25, 0.3) is 22.1 Å². The molecule has 1 unspecified atom stereocenters. The van der Waals surface area contributed by atoms with E-state index in [1.54, 1.807) is 47.3 Å². The Morgan fingerprint density at radius 3 is 2.79 bits per heavy atom. The third kappa shape index (κ3) is 4.19. The van der Waals surface area contributed by atoms with Gasteiger partial charge >= 0.3 is 0 Å². The van der Waals surface area contributed by atoms with Crippen molar-refractivity contribution in [2.45, 2.75) is 25.3 Å². The van der Waals surface area contributed by atoms with Crippen molar-refractivity contribution in [2.75, 3.05) is 13.1 Å². The van der Waals surface area contributed by atoms with Gasteiger partial charge in [-0.2, -0.15) is 5.10 Å². The molecule has 0 spiro atoms. The minimum absolute atomic E-state index is 0.149. The molecule has 1 atom stereocenters. The van der Waals surface area contributed by atoms with E-state index in [0.717, 1.165) is 30.2 Å². The standard InChI is InChI=1S/C26H25FN4O3/c1-30-16-22(17-8-10-19(27)11-9-17)23(29-30)26(33)31-13-3-2-6-20(31)15-28-25(32)21-7-4-5-18-12-14-34-24(18)21/h4-5,7-12,14,16,20H,2-3,6,13,15H2,1H3,(H,28,32). The number of carbonyl (C=O) groups excluding carboxylic acids is 2. The first kappa shape index (κ1) is 21.9. The van der Waals surface area contributed by atoms with Gasteiger partial charge in [-0.15, -0.1) is 0 Å². The maximum atomic E-state index is 13.6. The van der Waals surface area contributed by atoms with Gasteiger partial charge in [-0.3, -0.25) is 14.3 Å². The fourth-order valence-corrected chi connectivity index (χ4v) is 4.58. The minimum atomic E-state index is -0.336. The Hall–Kier alpha value is -3.94. The van der Waals surface area contributed by atoms with E-state index in [9.17, 15) is 14.0 Å². The monoisotopic (exact) mass is 460 g/mol. The zero-order valence-electron chi connectivity index (χ0n) is 18.8. The Morgan fingerprint density at radius 1 is 1.15 bits per heavy atom. The molecule has 0 bridgehead atoms. The second kappa shape index (κ2) is 9.13. The molecule has 2 aromatic carbocycles. The van der Waals surface area contributed by atoms with E-state index in [4.69, 9.17) is 4.42 Å². The lowest BCUT2D eigenvalue weighted by molar-refractivity contribution is 0.0596. The Kier molecular flexibility index (Phi) is 5.88. The van der Waals surface area contributed by atoms with Crippen molar-refractivity contribution in [1.29, 1.82) is 0 Å². The smallest absolute Gasteiger partial charge is 0.275 e. The van der Waals surface area contributed by atoms with Crippen LogP contribution in [0.15, 0.2) is 65.4 Å². The van der Waals surface area contributed by atoms with Crippen LogP contribution in [0.3, 0.4) is 0 Å². The third-order valence-electron chi connectivity index (χ3n) is 6.30. The molecule has 0 saturated carbocycles. The predicted molar refractivity (Wildman–Crippen MR) is 126 cm³/mol. The van der Waals surface area contributed by atoms with Crippen LogP contribution < -0.4 is 5.32 Å². The summed E-state index contributed by atoms with van der Waals surface area (Å²) in [6, 6.07) is 13.1. The number of furan rings is 1. The highest BCUT2D eigenvalue weighted by Crippen LogP contribution is 2.27. The van der Waals surface area contributed by atoms with E-state index in [0.29, 0.717) is 35.5 Å². The SMILES string of the molecule is Cn1cc(-c2ccc(F)cc2)c(C(=O)N2CCCCC2CNC(=O)c2cccc3ccoc23)n1. The summed E-state index contributed by atoms with van der Waals surface area (Å²) in [7, 11) is 1.76. The van der Waals surface area contributed by atoms with Crippen molar-refractivity contribution >= 4 is 22.8 Å². The highest BCUT2D eigenvalue weighted by molar-refractivity contribution is 6.05. The van der Waals surface area contributed by atoms with Crippen LogP contribution in [-0.2, 0) is 7.05 Å². The Balaban J connectivity index is 1.35. The first-order chi connectivity index (χ1) is 16.5. The summed E-state index contributed by atoms with van der Waals surface area (Å²) in [4.78, 5) is 28.3. The molecule has 2 aromatic heterocycles. The van der Waals surface area contributed by atoms with E-state index in [-0.39, 0.29) is 23.7 Å². The molecule has 0 radical (unpaired) electrons. The topological polar surface area (TPSA) is 80.4 Å². The van der Waals surface area contributed by atoms with E-state index in [1.807, 2.05) is 18.2 Å². The molecule has 5 rings (SSSR count). The number of aromatic nitrogens is 2. The van der Waals surface area contributed by atoms with Crippen molar-refractivity contribution in [1.82, 2.24) is 20.0 Å². The maximum absolute atomic E-state index is 13.6. The molecular weight excluding hydrogens is 435 g/mol. The molecule has 1 aliphatic rings. The van der Waals surface area contributed by atoms with E-state index in [2.05, 4.69) is 10.4 Å². The van der Waals surface area contributed by atoms with Crippen molar-refractivity contribution < 1.29 is 18.4 Å². The summed E-state index contributed by atoms with van der Waals surface area (Å²) in [5, 5.41) is 8.27. The highest BCUT2D eigenvalue weighted by Gasteiger charge is 2.31. The largest absolute Gasteiger partial charge is 0.464 e. The van der Waals surface area contributed by atoms with Gasteiger partial charge < -0.3 is 14.6 Å². The number of amides is 2. The minimum Gasteiger partial charge on any atom is -0.464 e. The van der Waals surface area contributed by atoms with Gasteiger partial charge in [0.05, 0.1) is 11.8 Å². The number of hydrogen-bond donors (Lipinski definition) is 1. The Bertz CT molecular complexity index is 1340. The molecule has 7 nitrogen and oxygen atoms in total. The fraction of sp³-hybridized carbons (Fsp3) is 0.269. The van der Waals surface area contributed by atoms with Gasteiger partial charge in [0, 0.05) is 43.3 Å². The number of fused-ring (bicyclic) bond motifs is 1. The summed E-state index contributed by atoms with van der Waals surface area (Å²) in [6.45, 7) is 0.924. The number of nitrogens with zero attached hydrogens (tertiary/aromatic N) is 3. The predicted octanol–water partition coefficient (Wildman–Crippen LogP) is 4.40. The Morgan fingerprint density at radius 2 is 1.97 bits per heavy atom. The highest BCUT2D eigenvalue weighted by atomic mass is 19.1. The fourth-order valence-electron chi connectivity index (χ4n) is 4.58. The van der Waals surface area contributed by atoms with Crippen LogP contribution in [0.1, 0.15) is 40.1 Å². The number of rotatable bonds is 5. The molecule has 34 heavy (non-hydrogen) atoms. The summed E-state index contributed by atoms with van der Waals surface area (Å²) in [5.74, 6) is -0.757. The zero-order chi connectivity index (χ0) is 23.7. The third-order valence-corrected chi connectivity index (χ3v) is 6.30. The van der Waals surface area contributed by atoms with Gasteiger partial charge in [0.15, 0.2) is 5.69 Å². The van der Waals surface area contributed by atoms with Crippen LogP contribution in [0, 0.1) is 5.82 Å². The van der Waals surface area contributed by atoms with Crippen LogP contribution in [0.5, 0.6) is 0 Å². The lowest BCUT2D eigenvalue weighted by Gasteiger charge is -2.35. The number of nitrogens with one attached hydrogen (secondary N) is 1. The molecule has 8 heteroatoms. The number of likely N-dealkylation sites (tertiary alicyclic amines) is 1. The maximum Gasteiger partial charge on any atom is 0.275 e. The zero-order valence-corrected chi connectivity index (χ0v) is 18.8. The van der Waals surface area contributed by atoms with E-state index < -0.39 is 0 Å². The normalized spacial score (nSPS) is 16.1. The molecule has 2 amide bonds. The van der Waals surface area contributed by atoms with E-state index in [1.165, 1.54) is 12.1 Å². The van der Waals surface area contributed by atoms with Gasteiger partial charge in [0.1, 0.15) is 11.4 Å². The van der Waals surface area contributed by atoms with Crippen molar-refractivity contribution in [3.63, 3.8) is 0 Å². The number of hydrogen-bond acceptors (Lipinski definition) is 4. The molecule has 4 aromatic rings. The van der Waals surface area contributed by atoms with Crippen molar-refractivity contribution in [3.05, 3.63) is 78.1 Å². The van der Waals surface area contributed by atoms with Crippen LogP contribution in [0.2, 0.25) is 0 Å². The summed E-state index contributed by atoms with van der Waals surface area (Å²) in [5.41, 5.74) is 2.73. The lowest BCUT2D eigenvalue weighted by atomic mass is 9.99. The number of benzene rings is 2. The lowest BCUT2D eigenvalue weighted by Crippen LogP contribution is -2.49. The van der Waals surface area contributed by atoms with Crippen LogP contribution >= 0.6 is 0 Å². The Labute approximate surface area is 196 Å². The number of carbonyl (C=O) groups is 2. The van der Waals surface area contributed by atoms with Gasteiger partial charge in [-0.25, -0.2) is 4.39 Å².